The number of nitro groups is 1. The molecule has 122 valence electrons. The molecule has 1 N–H and O–H groups in total. The fourth-order valence-electron chi connectivity index (χ4n) is 2.94. The first-order valence-electron chi connectivity index (χ1n) is 7.35. The second-order valence-corrected chi connectivity index (χ2v) is 8.12. The maximum Gasteiger partial charge on any atom is 0.295 e. The average molecular weight is 335 g/mol. The molecule has 1 aliphatic heterocycles. The van der Waals surface area contributed by atoms with Crippen LogP contribution in [0.25, 0.3) is 10.9 Å². The van der Waals surface area contributed by atoms with Crippen molar-refractivity contribution in [2.45, 2.75) is 13.3 Å². The van der Waals surface area contributed by atoms with Gasteiger partial charge in [-0.25, -0.2) is 13.4 Å². The van der Waals surface area contributed by atoms with E-state index in [0.717, 1.165) is 5.69 Å². The molecule has 0 aliphatic carbocycles. The van der Waals surface area contributed by atoms with Crippen LogP contribution >= 0.6 is 0 Å². The Hall–Kier alpha value is -2.22. The van der Waals surface area contributed by atoms with E-state index < -0.39 is 14.8 Å². The summed E-state index contributed by atoms with van der Waals surface area (Å²) in [5.74, 6) is 0.505. The molecule has 3 rings (SSSR count). The van der Waals surface area contributed by atoms with Crippen LogP contribution in [0.15, 0.2) is 24.3 Å². The zero-order valence-corrected chi connectivity index (χ0v) is 13.5. The lowest BCUT2D eigenvalue weighted by atomic mass is 10.1. The molecular weight excluding hydrogens is 318 g/mol. The van der Waals surface area contributed by atoms with Crippen LogP contribution in [0, 0.1) is 23.0 Å². The molecule has 23 heavy (non-hydrogen) atoms. The largest absolute Gasteiger partial charge is 0.384 e. The summed E-state index contributed by atoms with van der Waals surface area (Å²) in [5, 5.41) is 15.1. The van der Waals surface area contributed by atoms with Gasteiger partial charge in [-0.1, -0.05) is 12.1 Å². The first kappa shape index (κ1) is 15.7. The van der Waals surface area contributed by atoms with Crippen molar-refractivity contribution >= 4 is 32.1 Å². The quantitative estimate of drug-likeness (QED) is 0.679. The molecule has 2 heterocycles. The summed E-state index contributed by atoms with van der Waals surface area (Å²) in [4.78, 5) is 15.0. The third kappa shape index (κ3) is 3.26. The van der Waals surface area contributed by atoms with E-state index in [9.17, 15) is 18.5 Å². The number of rotatable bonds is 4. The Morgan fingerprint density at radius 2 is 2.22 bits per heavy atom. The first-order valence-corrected chi connectivity index (χ1v) is 9.17. The van der Waals surface area contributed by atoms with Gasteiger partial charge in [0.25, 0.3) is 5.69 Å². The minimum Gasteiger partial charge on any atom is -0.384 e. The van der Waals surface area contributed by atoms with Crippen molar-refractivity contribution in [2.75, 3.05) is 23.4 Å². The van der Waals surface area contributed by atoms with E-state index in [4.69, 9.17) is 0 Å². The van der Waals surface area contributed by atoms with Crippen molar-refractivity contribution in [3.63, 3.8) is 0 Å². The van der Waals surface area contributed by atoms with Crippen LogP contribution < -0.4 is 5.32 Å². The molecular formula is C15H17N3O4S. The van der Waals surface area contributed by atoms with E-state index >= 15 is 0 Å². The van der Waals surface area contributed by atoms with Crippen LogP contribution in [0.1, 0.15) is 12.1 Å². The van der Waals surface area contributed by atoms with Gasteiger partial charge < -0.3 is 5.32 Å². The smallest absolute Gasteiger partial charge is 0.295 e. The Kier molecular flexibility index (Phi) is 3.93. The van der Waals surface area contributed by atoms with Gasteiger partial charge in [-0.2, -0.15) is 0 Å². The molecule has 1 atom stereocenters. The maximum absolute atomic E-state index is 11.5. The molecule has 0 spiro atoms. The number of nitro benzene ring substituents is 1. The Morgan fingerprint density at radius 3 is 2.87 bits per heavy atom. The highest BCUT2D eigenvalue weighted by Crippen LogP contribution is 2.30. The number of nitrogens with zero attached hydrogens (tertiary/aromatic N) is 2. The first-order chi connectivity index (χ1) is 10.9. The second kappa shape index (κ2) is 5.77. The molecule has 1 aromatic heterocycles. The predicted octanol–water partition coefficient (Wildman–Crippen LogP) is 2.30. The molecule has 0 amide bonds. The van der Waals surface area contributed by atoms with E-state index in [1.165, 1.54) is 6.07 Å². The Labute approximate surface area is 133 Å². The second-order valence-electron chi connectivity index (χ2n) is 5.89. The molecule has 1 aliphatic rings. The van der Waals surface area contributed by atoms with Crippen LogP contribution in [0.2, 0.25) is 0 Å². The fourth-order valence-corrected chi connectivity index (χ4v) is 4.80. The number of aromatic nitrogens is 1. The number of hydrogen-bond donors (Lipinski definition) is 1. The molecule has 2 aromatic rings. The lowest BCUT2D eigenvalue weighted by molar-refractivity contribution is -0.383. The van der Waals surface area contributed by atoms with E-state index in [1.54, 1.807) is 19.1 Å². The minimum absolute atomic E-state index is 0.0299. The molecule has 8 heteroatoms. The van der Waals surface area contributed by atoms with Gasteiger partial charge in [0.2, 0.25) is 0 Å². The molecule has 0 bridgehead atoms. The predicted molar refractivity (Wildman–Crippen MR) is 88.4 cm³/mol. The van der Waals surface area contributed by atoms with Gasteiger partial charge in [-0.15, -0.1) is 0 Å². The van der Waals surface area contributed by atoms with Crippen LogP contribution in [0.4, 0.5) is 11.4 Å². The summed E-state index contributed by atoms with van der Waals surface area (Å²) in [5.41, 5.74) is 1.74. The van der Waals surface area contributed by atoms with Gasteiger partial charge in [-0.3, -0.25) is 10.1 Å². The number of fused-ring (bicyclic) bond motifs is 1. The van der Waals surface area contributed by atoms with Gasteiger partial charge in [0, 0.05) is 29.4 Å². The summed E-state index contributed by atoms with van der Waals surface area (Å²) in [6.45, 7) is 2.31. The zero-order valence-electron chi connectivity index (χ0n) is 12.7. The molecule has 7 nitrogen and oxygen atoms in total. The van der Waals surface area contributed by atoms with Gasteiger partial charge in [0.15, 0.2) is 15.4 Å². The third-order valence-electron chi connectivity index (χ3n) is 4.05. The van der Waals surface area contributed by atoms with Crippen molar-refractivity contribution in [3.8, 4) is 0 Å². The number of non-ortho nitro benzene ring substituents is 1. The minimum atomic E-state index is -2.91. The highest BCUT2D eigenvalue weighted by Gasteiger charge is 2.27. The van der Waals surface area contributed by atoms with Gasteiger partial charge >= 0.3 is 0 Å². The van der Waals surface area contributed by atoms with Gasteiger partial charge in [0.1, 0.15) is 0 Å². The lowest BCUT2D eigenvalue weighted by Crippen LogP contribution is -2.16. The van der Waals surface area contributed by atoms with Crippen LogP contribution in [0.5, 0.6) is 0 Å². The Balaban J connectivity index is 1.92. The molecule has 1 fully saturated rings. The Bertz CT molecular complexity index is 880. The highest BCUT2D eigenvalue weighted by molar-refractivity contribution is 7.91. The van der Waals surface area contributed by atoms with Crippen molar-refractivity contribution in [1.82, 2.24) is 4.98 Å². The van der Waals surface area contributed by atoms with Gasteiger partial charge in [-0.05, 0) is 25.3 Å². The zero-order chi connectivity index (χ0) is 16.6. The molecule has 1 saturated heterocycles. The third-order valence-corrected chi connectivity index (χ3v) is 5.89. The number of benzene rings is 1. The Morgan fingerprint density at radius 1 is 1.43 bits per heavy atom. The van der Waals surface area contributed by atoms with Crippen LogP contribution in [-0.4, -0.2) is 36.4 Å². The number of sulfone groups is 1. The van der Waals surface area contributed by atoms with E-state index in [1.807, 2.05) is 6.07 Å². The topological polar surface area (TPSA) is 102 Å². The summed E-state index contributed by atoms with van der Waals surface area (Å²) < 4.78 is 23.1. The van der Waals surface area contributed by atoms with E-state index in [-0.39, 0.29) is 23.1 Å². The molecule has 1 unspecified atom stereocenters. The standard InChI is InChI=1S/C15H17N3O4S/c1-10-7-13(16-8-11-5-6-23(21,22)9-11)12-3-2-4-14(18(19)20)15(12)17-10/h2-4,7,11H,5-6,8-9H2,1H3,(H,16,17). The summed E-state index contributed by atoms with van der Waals surface area (Å²) in [6, 6.07) is 6.67. The van der Waals surface area contributed by atoms with Crippen LogP contribution in [-0.2, 0) is 9.84 Å². The fraction of sp³-hybridized carbons (Fsp3) is 0.400. The van der Waals surface area contributed by atoms with Crippen LogP contribution in [0.3, 0.4) is 0 Å². The van der Waals surface area contributed by atoms with Crippen molar-refractivity contribution < 1.29 is 13.3 Å². The summed E-state index contributed by atoms with van der Waals surface area (Å²) >= 11 is 0. The number of hydrogen-bond acceptors (Lipinski definition) is 6. The summed E-state index contributed by atoms with van der Waals surface area (Å²) in [7, 11) is -2.91. The monoisotopic (exact) mass is 335 g/mol. The number of para-hydroxylation sites is 1. The molecule has 0 saturated carbocycles. The highest BCUT2D eigenvalue weighted by atomic mass is 32.2. The SMILES string of the molecule is Cc1cc(NCC2CCS(=O)(=O)C2)c2cccc([N+](=O)[O-])c2n1. The normalized spacial score (nSPS) is 19.8. The summed E-state index contributed by atoms with van der Waals surface area (Å²) in [6.07, 6.45) is 0.650. The number of pyridine rings is 1. The average Bonchev–Trinajstić information content (AvgIpc) is 2.83. The van der Waals surface area contributed by atoms with Gasteiger partial charge in [0.05, 0.1) is 16.4 Å². The van der Waals surface area contributed by atoms with E-state index in [2.05, 4.69) is 10.3 Å². The number of anilines is 1. The molecule has 0 radical (unpaired) electrons. The number of nitrogens with one attached hydrogen (secondary N) is 1. The van der Waals surface area contributed by atoms with Crippen molar-refractivity contribution in [2.24, 2.45) is 5.92 Å². The van der Waals surface area contributed by atoms with E-state index in [0.29, 0.717) is 29.6 Å². The maximum atomic E-state index is 11.5. The molecule has 1 aromatic carbocycles. The van der Waals surface area contributed by atoms with Crippen molar-refractivity contribution in [1.29, 1.82) is 0 Å². The lowest BCUT2D eigenvalue weighted by Gasteiger charge is -2.13. The number of aryl methyl sites for hydroxylation is 1. The van der Waals surface area contributed by atoms with Crippen molar-refractivity contribution in [3.05, 3.63) is 40.1 Å².